The van der Waals surface area contributed by atoms with Gasteiger partial charge < -0.3 is 5.32 Å². The highest BCUT2D eigenvalue weighted by molar-refractivity contribution is 9.12. The van der Waals surface area contributed by atoms with Crippen LogP contribution in [0.25, 0.3) is 0 Å². The minimum absolute atomic E-state index is 0.238. The summed E-state index contributed by atoms with van der Waals surface area (Å²) in [6.45, 7) is 3.47. The molecule has 0 aromatic heterocycles. The average molecular weight is 305 g/mol. The van der Waals surface area contributed by atoms with Gasteiger partial charge in [-0.25, -0.2) is 0 Å². The molecule has 1 aromatic rings. The summed E-state index contributed by atoms with van der Waals surface area (Å²) in [7, 11) is 0. The number of carbonyl (C=O) groups is 1. The van der Waals surface area contributed by atoms with Gasteiger partial charge in [-0.15, -0.1) is 0 Å². The van der Waals surface area contributed by atoms with E-state index in [0.717, 1.165) is 10.2 Å². The van der Waals surface area contributed by atoms with Gasteiger partial charge in [-0.3, -0.25) is 4.79 Å². The maximum absolute atomic E-state index is 11.2. The number of carbonyl (C=O) groups excluding carboxylic acids is 1. The van der Waals surface area contributed by atoms with Crippen molar-refractivity contribution in [1.29, 1.82) is 0 Å². The minimum atomic E-state index is -0.238. The topological polar surface area (TPSA) is 29.1 Å². The lowest BCUT2D eigenvalue weighted by Gasteiger charge is -2.03. The van der Waals surface area contributed by atoms with Gasteiger partial charge in [-0.1, -0.05) is 28.6 Å². The Bertz CT molecular complexity index is 349. The second-order valence-electron chi connectivity index (χ2n) is 2.37. The van der Waals surface area contributed by atoms with Gasteiger partial charge >= 0.3 is 0 Å². The van der Waals surface area contributed by atoms with E-state index in [0.29, 0.717) is 4.48 Å². The van der Waals surface area contributed by atoms with Gasteiger partial charge in [0, 0.05) is 10.2 Å². The summed E-state index contributed by atoms with van der Waals surface area (Å²) in [4.78, 5) is 11.2. The number of hydrogen-bond donors (Lipinski definition) is 1. The molecule has 0 atom stereocenters. The second-order valence-corrected chi connectivity index (χ2v) is 4.24. The van der Waals surface area contributed by atoms with E-state index >= 15 is 0 Å². The molecule has 0 saturated heterocycles. The lowest BCUT2D eigenvalue weighted by molar-refractivity contribution is -0.112. The highest BCUT2D eigenvalue weighted by Gasteiger charge is 2.03. The fraction of sp³-hybridized carbons (Fsp3) is 0. The molecule has 0 aliphatic rings. The molecule has 68 valence electrons. The van der Waals surface area contributed by atoms with E-state index in [4.69, 9.17) is 0 Å². The van der Waals surface area contributed by atoms with Crippen molar-refractivity contribution in [2.24, 2.45) is 0 Å². The van der Waals surface area contributed by atoms with Crippen molar-refractivity contribution in [1.82, 2.24) is 0 Å². The van der Waals surface area contributed by atoms with Gasteiger partial charge in [0.05, 0.1) is 4.48 Å². The molecule has 0 spiro atoms. The first-order chi connectivity index (χ1) is 6.09. The molecule has 1 rings (SSSR count). The lowest BCUT2D eigenvalue weighted by atomic mass is 10.3. The zero-order valence-electron chi connectivity index (χ0n) is 6.68. The predicted octanol–water partition coefficient (Wildman–Crippen LogP) is 3.30. The van der Waals surface area contributed by atoms with Crippen molar-refractivity contribution in [2.75, 3.05) is 5.32 Å². The first-order valence-corrected chi connectivity index (χ1v) is 5.09. The number of amides is 1. The largest absolute Gasteiger partial charge is 0.322 e. The molecule has 0 aliphatic heterocycles. The predicted molar refractivity (Wildman–Crippen MR) is 60.8 cm³/mol. The smallest absolute Gasteiger partial charge is 0.262 e. The molecule has 1 amide bonds. The Balaban J connectivity index is 2.75. The third-order valence-corrected chi connectivity index (χ3v) is 2.18. The molecule has 2 nitrogen and oxygen atoms in total. The van der Waals surface area contributed by atoms with Crippen LogP contribution in [0.2, 0.25) is 0 Å². The van der Waals surface area contributed by atoms with E-state index in [1.807, 2.05) is 18.2 Å². The molecule has 4 heteroatoms. The van der Waals surface area contributed by atoms with Crippen molar-refractivity contribution < 1.29 is 4.79 Å². The monoisotopic (exact) mass is 303 g/mol. The van der Waals surface area contributed by atoms with Gasteiger partial charge in [-0.2, -0.15) is 0 Å². The van der Waals surface area contributed by atoms with Crippen molar-refractivity contribution in [3.05, 3.63) is 39.8 Å². The zero-order valence-corrected chi connectivity index (χ0v) is 9.85. The van der Waals surface area contributed by atoms with Crippen LogP contribution in [-0.2, 0) is 4.79 Å². The Hall–Kier alpha value is -0.610. The molecule has 0 saturated carbocycles. The summed E-state index contributed by atoms with van der Waals surface area (Å²) in [5.41, 5.74) is 0.736. The van der Waals surface area contributed by atoms with Crippen molar-refractivity contribution >= 4 is 43.5 Å². The molecule has 1 aromatic carbocycles. The van der Waals surface area contributed by atoms with Crippen LogP contribution in [-0.4, -0.2) is 5.91 Å². The normalized spacial score (nSPS) is 9.38. The van der Waals surface area contributed by atoms with E-state index in [2.05, 4.69) is 43.8 Å². The number of benzene rings is 1. The van der Waals surface area contributed by atoms with Crippen LogP contribution in [0.1, 0.15) is 0 Å². The van der Waals surface area contributed by atoms with Gasteiger partial charge in [-0.05, 0) is 34.1 Å². The lowest BCUT2D eigenvalue weighted by Crippen LogP contribution is -2.10. The van der Waals surface area contributed by atoms with Gasteiger partial charge in [0.15, 0.2) is 0 Å². The molecular weight excluding hydrogens is 298 g/mol. The molecule has 0 aliphatic carbocycles. The van der Waals surface area contributed by atoms with E-state index in [1.165, 1.54) is 0 Å². The molecule has 0 fully saturated rings. The van der Waals surface area contributed by atoms with Crippen LogP contribution in [0.5, 0.6) is 0 Å². The van der Waals surface area contributed by atoms with Crippen LogP contribution >= 0.6 is 31.9 Å². The van der Waals surface area contributed by atoms with Crippen molar-refractivity contribution in [2.45, 2.75) is 0 Å². The van der Waals surface area contributed by atoms with Crippen molar-refractivity contribution in [3.8, 4) is 0 Å². The van der Waals surface area contributed by atoms with E-state index < -0.39 is 0 Å². The Morgan fingerprint density at radius 2 is 2.15 bits per heavy atom. The fourth-order valence-electron chi connectivity index (χ4n) is 0.765. The van der Waals surface area contributed by atoms with Crippen LogP contribution in [0, 0.1) is 0 Å². The minimum Gasteiger partial charge on any atom is -0.322 e. The number of halogens is 2. The summed E-state index contributed by atoms with van der Waals surface area (Å²) < 4.78 is 1.23. The molecule has 0 unspecified atom stereocenters. The Morgan fingerprint density at radius 1 is 1.46 bits per heavy atom. The van der Waals surface area contributed by atoms with Crippen LogP contribution in [0.15, 0.2) is 39.8 Å². The number of nitrogens with one attached hydrogen (secondary N) is 1. The summed E-state index contributed by atoms with van der Waals surface area (Å²) in [5, 5.41) is 2.67. The molecule has 0 bridgehead atoms. The first kappa shape index (κ1) is 10.5. The summed E-state index contributed by atoms with van der Waals surface area (Å²) >= 11 is 6.30. The highest BCUT2D eigenvalue weighted by Crippen LogP contribution is 2.16. The Labute approximate surface area is 93.3 Å². The molecule has 0 radical (unpaired) electrons. The van der Waals surface area contributed by atoms with Crippen LogP contribution in [0.4, 0.5) is 5.69 Å². The summed E-state index contributed by atoms with van der Waals surface area (Å²) in [6, 6.07) is 7.35. The van der Waals surface area contributed by atoms with Crippen LogP contribution in [0.3, 0.4) is 0 Å². The maximum atomic E-state index is 11.2. The fourth-order valence-corrected chi connectivity index (χ4v) is 1.26. The third-order valence-electron chi connectivity index (χ3n) is 1.33. The number of rotatable bonds is 2. The van der Waals surface area contributed by atoms with E-state index in [1.54, 1.807) is 6.07 Å². The summed E-state index contributed by atoms with van der Waals surface area (Å²) in [6.07, 6.45) is 0. The quantitative estimate of drug-likeness (QED) is 0.835. The molecule has 0 heterocycles. The molecule has 13 heavy (non-hydrogen) atoms. The Morgan fingerprint density at radius 3 is 2.69 bits per heavy atom. The molecule has 1 N–H and O–H groups in total. The first-order valence-electron chi connectivity index (χ1n) is 3.51. The van der Waals surface area contributed by atoms with Gasteiger partial charge in [0.1, 0.15) is 0 Å². The highest BCUT2D eigenvalue weighted by atomic mass is 79.9. The maximum Gasteiger partial charge on any atom is 0.262 e. The van der Waals surface area contributed by atoms with Gasteiger partial charge in [0.25, 0.3) is 5.91 Å². The zero-order chi connectivity index (χ0) is 9.84. The number of hydrogen-bond acceptors (Lipinski definition) is 1. The van der Waals surface area contributed by atoms with Gasteiger partial charge in [0.2, 0.25) is 0 Å². The third kappa shape index (κ3) is 3.32. The SMILES string of the molecule is C=C(Br)C(=O)Nc1cccc(Br)c1. The second kappa shape index (κ2) is 4.58. The number of anilines is 1. The van der Waals surface area contributed by atoms with Crippen molar-refractivity contribution in [3.63, 3.8) is 0 Å². The van der Waals surface area contributed by atoms with E-state index in [9.17, 15) is 4.79 Å². The summed E-state index contributed by atoms with van der Waals surface area (Å²) in [5.74, 6) is -0.238. The molecular formula is C9H7Br2NO. The Kier molecular flexibility index (Phi) is 3.69. The standard InChI is InChI=1S/C9H7Br2NO/c1-6(10)9(13)12-8-4-2-3-7(11)5-8/h2-5H,1H2,(H,12,13). The van der Waals surface area contributed by atoms with E-state index in [-0.39, 0.29) is 5.91 Å². The van der Waals surface area contributed by atoms with Crippen LogP contribution < -0.4 is 5.32 Å². The average Bonchev–Trinajstić information content (AvgIpc) is 2.04.